The smallest absolute Gasteiger partial charge is 0.270 e. The Bertz CT molecular complexity index is 1230. The lowest BCUT2D eigenvalue weighted by Crippen LogP contribution is -2.31. The molecule has 0 radical (unpaired) electrons. The van der Waals surface area contributed by atoms with Crippen molar-refractivity contribution >= 4 is 61.4 Å². The number of fused-ring (bicyclic) bond motifs is 1. The number of hydrogen-bond acceptors (Lipinski definition) is 5. The minimum Gasteiger partial charge on any atom is -0.397 e. The van der Waals surface area contributed by atoms with Gasteiger partial charge in [-0.3, -0.25) is 9.78 Å². The Morgan fingerprint density at radius 2 is 2.13 bits per heavy atom. The zero-order chi connectivity index (χ0) is 21.3. The minimum atomic E-state index is -0.153. The van der Waals surface area contributed by atoms with Gasteiger partial charge in [-0.05, 0) is 77.5 Å². The van der Waals surface area contributed by atoms with Crippen LogP contribution in [0.4, 0.5) is 11.4 Å². The number of hydrogen-bond donors (Lipinski definition) is 1. The molecule has 0 saturated heterocycles. The summed E-state index contributed by atoms with van der Waals surface area (Å²) in [6.45, 7) is 6.22. The molecule has 1 aromatic carbocycles. The molecule has 0 unspecified atom stereocenters. The standard InChI is InChI=1S/C23H19IN4OS/c1-3-9-28(17-11-14(2)10-16(24)12-17)23(29)21-20(25)18-6-7-19(27-22(18)30-21)15-5-4-8-26-13-15/h3-8,10-13H,1,9,25H2,2H3. The normalized spacial score (nSPS) is 10.9. The number of benzene rings is 1. The van der Waals surface area contributed by atoms with Crippen LogP contribution in [-0.2, 0) is 0 Å². The van der Waals surface area contributed by atoms with E-state index in [1.54, 1.807) is 23.4 Å². The number of nitrogen functional groups attached to an aromatic ring is 1. The molecule has 30 heavy (non-hydrogen) atoms. The summed E-state index contributed by atoms with van der Waals surface area (Å²) in [6, 6.07) is 13.7. The van der Waals surface area contributed by atoms with Gasteiger partial charge in [-0.25, -0.2) is 4.98 Å². The van der Waals surface area contributed by atoms with E-state index in [0.29, 0.717) is 17.1 Å². The lowest BCUT2D eigenvalue weighted by atomic mass is 10.1. The number of nitrogens with two attached hydrogens (primary N) is 1. The van der Waals surface area contributed by atoms with Gasteiger partial charge in [0.2, 0.25) is 0 Å². The first-order chi connectivity index (χ1) is 14.5. The highest BCUT2D eigenvalue weighted by Crippen LogP contribution is 2.36. The summed E-state index contributed by atoms with van der Waals surface area (Å²) in [5.74, 6) is -0.153. The first-order valence-electron chi connectivity index (χ1n) is 9.27. The van der Waals surface area contributed by atoms with Gasteiger partial charge in [-0.15, -0.1) is 17.9 Å². The Hall–Kier alpha value is -2.78. The fourth-order valence-electron chi connectivity index (χ4n) is 3.26. The van der Waals surface area contributed by atoms with Crippen molar-refractivity contribution in [1.82, 2.24) is 9.97 Å². The third-order valence-electron chi connectivity index (χ3n) is 4.64. The molecule has 3 aromatic heterocycles. The van der Waals surface area contributed by atoms with E-state index < -0.39 is 0 Å². The van der Waals surface area contributed by atoms with Gasteiger partial charge in [-0.2, -0.15) is 0 Å². The van der Waals surface area contributed by atoms with E-state index >= 15 is 0 Å². The SMILES string of the molecule is C=CCN(C(=O)c1sc2nc(-c3cccnc3)ccc2c1N)c1cc(C)cc(I)c1. The third kappa shape index (κ3) is 3.95. The highest BCUT2D eigenvalue weighted by molar-refractivity contribution is 14.1. The van der Waals surface area contributed by atoms with E-state index in [2.05, 4.69) is 40.2 Å². The molecule has 0 aliphatic heterocycles. The number of aryl methyl sites for hydroxylation is 1. The summed E-state index contributed by atoms with van der Waals surface area (Å²) < 4.78 is 1.07. The lowest BCUT2D eigenvalue weighted by Gasteiger charge is -2.21. The quantitative estimate of drug-likeness (QED) is 0.268. The summed E-state index contributed by atoms with van der Waals surface area (Å²) in [4.78, 5) is 25.3. The highest BCUT2D eigenvalue weighted by Gasteiger charge is 2.24. The predicted octanol–water partition coefficient (Wildman–Crippen LogP) is 5.69. The Balaban J connectivity index is 1.77. The zero-order valence-electron chi connectivity index (χ0n) is 16.3. The first-order valence-corrected chi connectivity index (χ1v) is 11.2. The van der Waals surface area contributed by atoms with Crippen LogP contribution in [0, 0.1) is 10.5 Å². The number of nitrogens with zero attached hydrogens (tertiary/aromatic N) is 3. The van der Waals surface area contributed by atoms with Gasteiger partial charge in [0.1, 0.15) is 9.71 Å². The molecule has 0 saturated carbocycles. The number of amides is 1. The summed E-state index contributed by atoms with van der Waals surface area (Å²) in [5.41, 5.74) is 10.5. The van der Waals surface area contributed by atoms with Crippen LogP contribution in [0.3, 0.4) is 0 Å². The molecule has 0 aliphatic rings. The van der Waals surface area contributed by atoms with E-state index in [1.165, 1.54) is 11.3 Å². The van der Waals surface area contributed by atoms with Crippen molar-refractivity contribution in [2.24, 2.45) is 0 Å². The molecule has 150 valence electrons. The van der Waals surface area contributed by atoms with Gasteiger partial charge in [0.15, 0.2) is 0 Å². The van der Waals surface area contributed by atoms with Gasteiger partial charge >= 0.3 is 0 Å². The van der Waals surface area contributed by atoms with Crippen LogP contribution in [0.1, 0.15) is 15.2 Å². The van der Waals surface area contributed by atoms with E-state index in [1.807, 2.05) is 43.3 Å². The van der Waals surface area contributed by atoms with Crippen LogP contribution in [0.5, 0.6) is 0 Å². The largest absolute Gasteiger partial charge is 0.397 e. The van der Waals surface area contributed by atoms with E-state index in [0.717, 1.165) is 36.3 Å². The molecule has 4 rings (SSSR count). The van der Waals surface area contributed by atoms with E-state index in [9.17, 15) is 4.79 Å². The van der Waals surface area contributed by atoms with Crippen molar-refractivity contribution in [3.63, 3.8) is 0 Å². The van der Waals surface area contributed by atoms with Gasteiger partial charge in [0, 0.05) is 39.1 Å². The molecule has 5 nitrogen and oxygen atoms in total. The molecule has 0 fully saturated rings. The summed E-state index contributed by atoms with van der Waals surface area (Å²) in [7, 11) is 0. The summed E-state index contributed by atoms with van der Waals surface area (Å²) in [6.07, 6.45) is 5.21. The van der Waals surface area contributed by atoms with Crippen molar-refractivity contribution in [1.29, 1.82) is 0 Å². The minimum absolute atomic E-state index is 0.153. The molecular formula is C23H19IN4OS. The molecule has 0 bridgehead atoms. The van der Waals surface area contributed by atoms with Gasteiger partial charge in [0.05, 0.1) is 11.4 Å². The van der Waals surface area contributed by atoms with Crippen LogP contribution in [0.25, 0.3) is 21.5 Å². The molecule has 4 aromatic rings. The number of rotatable bonds is 5. The summed E-state index contributed by atoms with van der Waals surface area (Å²) >= 11 is 3.57. The van der Waals surface area contributed by atoms with Crippen molar-refractivity contribution in [3.05, 3.63) is 81.5 Å². The topological polar surface area (TPSA) is 72.1 Å². The van der Waals surface area contributed by atoms with Crippen molar-refractivity contribution < 1.29 is 4.79 Å². The first kappa shape index (κ1) is 20.5. The Kier molecular flexibility index (Phi) is 5.83. The second-order valence-electron chi connectivity index (χ2n) is 6.83. The van der Waals surface area contributed by atoms with Gasteiger partial charge < -0.3 is 10.6 Å². The molecule has 0 atom stereocenters. The molecular weight excluding hydrogens is 507 g/mol. The van der Waals surface area contributed by atoms with Crippen molar-refractivity contribution in [2.45, 2.75) is 6.92 Å². The van der Waals surface area contributed by atoms with E-state index in [4.69, 9.17) is 10.7 Å². The lowest BCUT2D eigenvalue weighted by molar-refractivity contribution is 0.0994. The molecule has 7 heteroatoms. The number of pyridine rings is 2. The number of halogens is 1. The maximum Gasteiger partial charge on any atom is 0.270 e. The number of carbonyl (C=O) groups is 1. The maximum absolute atomic E-state index is 13.5. The number of aromatic nitrogens is 2. The molecule has 0 spiro atoms. The molecule has 0 aliphatic carbocycles. The average molecular weight is 526 g/mol. The number of anilines is 2. The van der Waals surface area contributed by atoms with Crippen LogP contribution in [-0.4, -0.2) is 22.4 Å². The fraction of sp³-hybridized carbons (Fsp3) is 0.0870. The van der Waals surface area contributed by atoms with Crippen LogP contribution in [0.2, 0.25) is 0 Å². The van der Waals surface area contributed by atoms with Crippen LogP contribution in [0.15, 0.2) is 67.5 Å². The third-order valence-corrected chi connectivity index (χ3v) is 6.37. The maximum atomic E-state index is 13.5. The number of carbonyl (C=O) groups excluding carboxylic acids is 1. The van der Waals surface area contributed by atoms with Crippen molar-refractivity contribution in [2.75, 3.05) is 17.2 Å². The fourth-order valence-corrected chi connectivity index (χ4v) is 5.11. The average Bonchev–Trinajstić information content (AvgIpc) is 3.07. The second kappa shape index (κ2) is 8.53. The van der Waals surface area contributed by atoms with Crippen LogP contribution < -0.4 is 10.6 Å². The van der Waals surface area contributed by atoms with E-state index in [-0.39, 0.29) is 5.91 Å². The monoisotopic (exact) mass is 526 g/mol. The van der Waals surface area contributed by atoms with Crippen LogP contribution >= 0.6 is 33.9 Å². The predicted molar refractivity (Wildman–Crippen MR) is 133 cm³/mol. The number of thiophene rings is 1. The van der Waals surface area contributed by atoms with Gasteiger partial charge in [0.25, 0.3) is 5.91 Å². The highest BCUT2D eigenvalue weighted by atomic mass is 127. The molecule has 3 heterocycles. The Labute approximate surface area is 192 Å². The second-order valence-corrected chi connectivity index (χ2v) is 9.07. The summed E-state index contributed by atoms with van der Waals surface area (Å²) in [5, 5.41) is 0.786. The molecule has 1 amide bonds. The zero-order valence-corrected chi connectivity index (χ0v) is 19.3. The molecule has 2 N–H and O–H groups in total. The Morgan fingerprint density at radius 3 is 2.83 bits per heavy atom. The Morgan fingerprint density at radius 1 is 1.30 bits per heavy atom. The van der Waals surface area contributed by atoms with Gasteiger partial charge in [-0.1, -0.05) is 6.08 Å². The van der Waals surface area contributed by atoms with Crippen molar-refractivity contribution in [3.8, 4) is 11.3 Å².